The van der Waals surface area contributed by atoms with Crippen LogP contribution in [0.4, 0.5) is 5.69 Å². The minimum Gasteiger partial charge on any atom is -0.496 e. The number of esters is 1. The number of benzene rings is 1. The van der Waals surface area contributed by atoms with Crippen LogP contribution in [0.3, 0.4) is 0 Å². The van der Waals surface area contributed by atoms with Gasteiger partial charge in [0.15, 0.2) is 0 Å². The number of hydrogen-bond donors (Lipinski definition) is 2. The van der Waals surface area contributed by atoms with E-state index in [2.05, 4.69) is 5.32 Å². The number of nitrogens with one attached hydrogen (secondary N) is 1. The molecule has 114 valence electrons. The van der Waals surface area contributed by atoms with Gasteiger partial charge in [-0.3, -0.25) is 0 Å². The summed E-state index contributed by atoms with van der Waals surface area (Å²) >= 11 is 5.99. The Morgan fingerprint density at radius 2 is 2.00 bits per heavy atom. The molecule has 0 radical (unpaired) electrons. The molecule has 2 heterocycles. The summed E-state index contributed by atoms with van der Waals surface area (Å²) in [5.41, 5.74) is 6.42. The van der Waals surface area contributed by atoms with E-state index in [0.29, 0.717) is 34.1 Å². The average molecular weight is 311 g/mol. The number of ether oxygens (including phenoxy) is 2. The van der Waals surface area contributed by atoms with Crippen molar-refractivity contribution >= 4 is 23.3 Å². The molecule has 0 aliphatic carbocycles. The van der Waals surface area contributed by atoms with E-state index in [1.165, 1.54) is 13.2 Å². The minimum atomic E-state index is -0.403. The maximum absolute atomic E-state index is 12.4. The van der Waals surface area contributed by atoms with Crippen LogP contribution in [-0.2, 0) is 4.74 Å². The smallest absolute Gasteiger partial charge is 0.342 e. The maximum atomic E-state index is 12.4. The second kappa shape index (κ2) is 5.73. The van der Waals surface area contributed by atoms with Crippen LogP contribution in [0.1, 0.15) is 36.0 Å². The predicted molar refractivity (Wildman–Crippen MR) is 80.8 cm³/mol. The zero-order valence-electron chi connectivity index (χ0n) is 11.9. The highest BCUT2D eigenvalue weighted by Crippen LogP contribution is 2.32. The van der Waals surface area contributed by atoms with E-state index in [1.54, 1.807) is 6.07 Å². The zero-order chi connectivity index (χ0) is 15.0. The summed E-state index contributed by atoms with van der Waals surface area (Å²) in [5, 5.41) is 3.85. The summed E-state index contributed by atoms with van der Waals surface area (Å²) in [6.07, 6.45) is 4.02. The van der Waals surface area contributed by atoms with Crippen molar-refractivity contribution in [3.63, 3.8) is 0 Å². The highest BCUT2D eigenvalue weighted by Gasteiger charge is 2.35. The Morgan fingerprint density at radius 3 is 2.62 bits per heavy atom. The summed E-state index contributed by atoms with van der Waals surface area (Å²) in [5.74, 6) is -0.0149. The predicted octanol–water partition coefficient (Wildman–Crippen LogP) is 2.37. The molecule has 0 spiro atoms. The van der Waals surface area contributed by atoms with Crippen LogP contribution >= 0.6 is 11.6 Å². The first-order valence-corrected chi connectivity index (χ1v) is 7.54. The molecule has 0 amide bonds. The highest BCUT2D eigenvalue weighted by molar-refractivity contribution is 6.33. The SMILES string of the molecule is COc1cc(N)c(Cl)cc1C(=O)OC1CC2CCC(C1)N2. The molecule has 5 nitrogen and oxygen atoms in total. The van der Waals surface area contributed by atoms with E-state index in [9.17, 15) is 4.79 Å². The van der Waals surface area contributed by atoms with Gasteiger partial charge in [0, 0.05) is 18.2 Å². The molecule has 2 aliphatic rings. The van der Waals surface area contributed by atoms with Crippen LogP contribution in [0.2, 0.25) is 5.02 Å². The topological polar surface area (TPSA) is 73.6 Å². The van der Waals surface area contributed by atoms with Crippen LogP contribution < -0.4 is 15.8 Å². The van der Waals surface area contributed by atoms with Crippen LogP contribution in [0.15, 0.2) is 12.1 Å². The fourth-order valence-corrected chi connectivity index (χ4v) is 3.38. The van der Waals surface area contributed by atoms with Crippen LogP contribution in [0.5, 0.6) is 5.75 Å². The van der Waals surface area contributed by atoms with Gasteiger partial charge in [-0.25, -0.2) is 4.79 Å². The highest BCUT2D eigenvalue weighted by atomic mass is 35.5. The molecule has 6 heteroatoms. The van der Waals surface area contributed by atoms with Gasteiger partial charge >= 0.3 is 5.97 Å². The number of carbonyl (C=O) groups is 1. The van der Waals surface area contributed by atoms with Crippen LogP contribution in [-0.4, -0.2) is 31.3 Å². The molecule has 2 aliphatic heterocycles. The Labute approximate surface area is 128 Å². The third-order valence-corrected chi connectivity index (χ3v) is 4.57. The lowest BCUT2D eigenvalue weighted by atomic mass is 10.0. The zero-order valence-corrected chi connectivity index (χ0v) is 12.7. The second-order valence-corrected chi connectivity index (χ2v) is 6.12. The number of halogens is 1. The molecule has 0 saturated carbocycles. The van der Waals surface area contributed by atoms with Gasteiger partial charge in [-0.05, 0) is 31.7 Å². The molecule has 3 rings (SSSR count). The largest absolute Gasteiger partial charge is 0.496 e. The Hall–Kier alpha value is -1.46. The van der Waals surface area contributed by atoms with Crippen molar-refractivity contribution in [3.8, 4) is 5.75 Å². The van der Waals surface area contributed by atoms with Crippen molar-refractivity contribution < 1.29 is 14.3 Å². The molecule has 1 aromatic rings. The van der Waals surface area contributed by atoms with E-state index in [1.807, 2.05) is 0 Å². The molecule has 2 fully saturated rings. The van der Waals surface area contributed by atoms with Crippen molar-refractivity contribution in [2.45, 2.75) is 43.9 Å². The monoisotopic (exact) mass is 310 g/mol. The fraction of sp³-hybridized carbons (Fsp3) is 0.533. The molecule has 2 atom stereocenters. The average Bonchev–Trinajstić information content (AvgIpc) is 2.80. The van der Waals surface area contributed by atoms with Gasteiger partial charge in [0.1, 0.15) is 17.4 Å². The summed E-state index contributed by atoms with van der Waals surface area (Å²) in [6, 6.07) is 4.00. The summed E-state index contributed by atoms with van der Waals surface area (Å²) in [6.45, 7) is 0. The first kappa shape index (κ1) is 14.5. The number of hydrogen-bond acceptors (Lipinski definition) is 5. The first-order chi connectivity index (χ1) is 10.1. The first-order valence-electron chi connectivity index (χ1n) is 7.17. The van der Waals surface area contributed by atoms with Gasteiger partial charge in [0.2, 0.25) is 0 Å². The molecule has 2 unspecified atom stereocenters. The van der Waals surface area contributed by atoms with Gasteiger partial charge in [-0.1, -0.05) is 11.6 Å². The number of fused-ring (bicyclic) bond motifs is 2. The molecular formula is C15H19ClN2O3. The summed E-state index contributed by atoms with van der Waals surface area (Å²) in [4.78, 5) is 12.4. The van der Waals surface area contributed by atoms with Crippen molar-refractivity contribution in [1.29, 1.82) is 0 Å². The van der Waals surface area contributed by atoms with Crippen LogP contribution in [0, 0.1) is 0 Å². The molecule has 0 aromatic heterocycles. The minimum absolute atomic E-state index is 0.0442. The third-order valence-electron chi connectivity index (χ3n) is 4.24. The summed E-state index contributed by atoms with van der Waals surface area (Å²) < 4.78 is 10.8. The van der Waals surface area contributed by atoms with Crippen molar-refractivity contribution in [2.75, 3.05) is 12.8 Å². The quantitative estimate of drug-likeness (QED) is 0.662. The maximum Gasteiger partial charge on any atom is 0.342 e. The molecule has 1 aromatic carbocycles. The van der Waals surface area contributed by atoms with Gasteiger partial charge < -0.3 is 20.5 Å². The number of nitrogen functional groups attached to an aromatic ring is 1. The Balaban J connectivity index is 1.74. The van der Waals surface area contributed by atoms with E-state index in [-0.39, 0.29) is 6.10 Å². The molecule has 21 heavy (non-hydrogen) atoms. The Morgan fingerprint density at radius 1 is 1.33 bits per heavy atom. The van der Waals surface area contributed by atoms with Gasteiger partial charge in [0.25, 0.3) is 0 Å². The molecule has 3 N–H and O–H groups in total. The number of anilines is 1. The molecular weight excluding hydrogens is 292 g/mol. The fourth-order valence-electron chi connectivity index (χ4n) is 3.21. The lowest BCUT2D eigenvalue weighted by Gasteiger charge is -2.28. The molecule has 2 bridgehead atoms. The van der Waals surface area contributed by atoms with Crippen molar-refractivity contribution in [1.82, 2.24) is 5.32 Å². The molecule has 2 saturated heterocycles. The van der Waals surface area contributed by atoms with Gasteiger partial charge in [-0.15, -0.1) is 0 Å². The lowest BCUT2D eigenvalue weighted by Crippen LogP contribution is -2.42. The third kappa shape index (κ3) is 2.94. The van der Waals surface area contributed by atoms with Crippen LogP contribution in [0.25, 0.3) is 0 Å². The Kier molecular flexibility index (Phi) is 3.95. The van der Waals surface area contributed by atoms with E-state index >= 15 is 0 Å². The number of piperidine rings is 1. The standard InChI is InChI=1S/C15H19ClN2O3/c1-20-14-7-13(17)12(16)6-11(14)15(19)21-10-4-8-2-3-9(5-10)18-8/h6-10,18H,2-5,17H2,1H3. The van der Waals surface area contributed by atoms with E-state index in [0.717, 1.165) is 25.7 Å². The van der Waals surface area contributed by atoms with E-state index in [4.69, 9.17) is 26.8 Å². The van der Waals surface area contributed by atoms with Gasteiger partial charge in [-0.2, -0.15) is 0 Å². The number of nitrogens with two attached hydrogens (primary N) is 1. The number of methoxy groups -OCH3 is 1. The van der Waals surface area contributed by atoms with Crippen molar-refractivity contribution in [2.24, 2.45) is 0 Å². The summed E-state index contributed by atoms with van der Waals surface area (Å²) in [7, 11) is 1.49. The lowest BCUT2D eigenvalue weighted by molar-refractivity contribution is 0.0174. The number of carbonyl (C=O) groups excluding carboxylic acids is 1. The van der Waals surface area contributed by atoms with Gasteiger partial charge in [0.05, 0.1) is 17.8 Å². The Bertz CT molecular complexity index is 552. The normalized spacial score (nSPS) is 27.4. The van der Waals surface area contributed by atoms with E-state index < -0.39 is 5.97 Å². The number of rotatable bonds is 3. The van der Waals surface area contributed by atoms with Crippen molar-refractivity contribution in [3.05, 3.63) is 22.7 Å². The second-order valence-electron chi connectivity index (χ2n) is 5.71.